The second-order valence-electron chi connectivity index (χ2n) is 7.72. The van der Waals surface area contributed by atoms with Gasteiger partial charge in [-0.1, -0.05) is 98.0 Å². The van der Waals surface area contributed by atoms with Gasteiger partial charge in [-0.15, -0.1) is 0 Å². The van der Waals surface area contributed by atoms with Gasteiger partial charge in [0.15, 0.2) is 0 Å². The Labute approximate surface area is 136 Å². The number of para-hydroxylation sites is 1. The van der Waals surface area contributed by atoms with Crippen molar-refractivity contribution in [3.8, 4) is 16.9 Å². The largest absolute Gasteiger partial charge is 0.507 e. The Bertz CT molecular complexity index is 619. The SMILES string of the molecule is CC(C)(C)P(c1cccc(-c2ccccc2)c1O)C(C)(C)C. The van der Waals surface area contributed by atoms with Gasteiger partial charge in [0, 0.05) is 10.9 Å². The van der Waals surface area contributed by atoms with E-state index in [1.807, 2.05) is 24.3 Å². The van der Waals surface area contributed by atoms with Crippen molar-refractivity contribution in [1.29, 1.82) is 0 Å². The molecule has 0 atom stereocenters. The van der Waals surface area contributed by atoms with E-state index in [1.165, 1.54) is 0 Å². The van der Waals surface area contributed by atoms with Crippen molar-refractivity contribution in [2.45, 2.75) is 51.9 Å². The van der Waals surface area contributed by atoms with Crippen molar-refractivity contribution in [1.82, 2.24) is 0 Å². The lowest BCUT2D eigenvalue weighted by Gasteiger charge is -2.42. The van der Waals surface area contributed by atoms with Crippen LogP contribution < -0.4 is 5.30 Å². The Morgan fingerprint density at radius 3 is 1.77 bits per heavy atom. The maximum Gasteiger partial charge on any atom is 0.131 e. The molecule has 0 spiro atoms. The molecule has 0 aliphatic carbocycles. The minimum absolute atomic E-state index is 0.139. The Balaban J connectivity index is 2.62. The van der Waals surface area contributed by atoms with Crippen LogP contribution in [0, 0.1) is 0 Å². The van der Waals surface area contributed by atoms with E-state index in [2.05, 4.69) is 65.8 Å². The lowest BCUT2D eigenvalue weighted by molar-refractivity contribution is 0.481. The van der Waals surface area contributed by atoms with Crippen LogP contribution in [0.5, 0.6) is 5.75 Å². The third-order valence-corrected chi connectivity index (χ3v) is 7.21. The quantitative estimate of drug-likeness (QED) is 0.698. The van der Waals surface area contributed by atoms with Gasteiger partial charge in [0.2, 0.25) is 0 Å². The highest BCUT2D eigenvalue weighted by Gasteiger charge is 2.37. The standard InChI is InChI=1S/C20H27OP/c1-19(2,3)22(20(4,5)6)17-14-10-13-16(18(17)21)15-11-8-7-9-12-15/h7-14,21H,1-6H3. The average molecular weight is 314 g/mol. The maximum absolute atomic E-state index is 11.0. The van der Waals surface area contributed by atoms with E-state index in [1.54, 1.807) is 0 Å². The van der Waals surface area contributed by atoms with E-state index < -0.39 is 7.92 Å². The normalized spacial score (nSPS) is 12.7. The van der Waals surface area contributed by atoms with E-state index in [-0.39, 0.29) is 10.3 Å². The average Bonchev–Trinajstić information content (AvgIpc) is 2.39. The summed E-state index contributed by atoms with van der Waals surface area (Å²) in [5, 5.41) is 12.3. The topological polar surface area (TPSA) is 20.2 Å². The van der Waals surface area contributed by atoms with E-state index in [0.29, 0.717) is 5.75 Å². The number of phenolic OH excluding ortho intramolecular Hbond substituents is 1. The summed E-state index contributed by atoms with van der Waals surface area (Å²) >= 11 is 0. The molecule has 0 aliphatic rings. The van der Waals surface area contributed by atoms with E-state index in [0.717, 1.165) is 16.4 Å². The first kappa shape index (κ1) is 17.0. The van der Waals surface area contributed by atoms with Crippen molar-refractivity contribution in [2.24, 2.45) is 0 Å². The molecule has 2 aromatic rings. The van der Waals surface area contributed by atoms with Crippen LogP contribution in [-0.2, 0) is 0 Å². The lowest BCUT2D eigenvalue weighted by Crippen LogP contribution is -2.31. The molecule has 2 heteroatoms. The zero-order chi connectivity index (χ0) is 16.5. The Morgan fingerprint density at radius 1 is 0.727 bits per heavy atom. The van der Waals surface area contributed by atoms with Gasteiger partial charge in [-0.05, 0) is 15.9 Å². The molecule has 0 saturated carbocycles. The smallest absolute Gasteiger partial charge is 0.131 e. The molecule has 0 heterocycles. The molecule has 22 heavy (non-hydrogen) atoms. The molecule has 2 aromatic carbocycles. The molecule has 2 rings (SSSR count). The number of rotatable bonds is 2. The van der Waals surface area contributed by atoms with Crippen LogP contribution in [0.15, 0.2) is 48.5 Å². The molecule has 0 unspecified atom stereocenters. The molecule has 0 fully saturated rings. The minimum Gasteiger partial charge on any atom is -0.507 e. The fourth-order valence-electron chi connectivity index (χ4n) is 3.29. The minimum atomic E-state index is -0.515. The second-order valence-corrected chi connectivity index (χ2v) is 11.6. The summed E-state index contributed by atoms with van der Waals surface area (Å²) in [7, 11) is -0.515. The Morgan fingerprint density at radius 2 is 1.27 bits per heavy atom. The van der Waals surface area contributed by atoms with Crippen LogP contribution in [-0.4, -0.2) is 15.4 Å². The van der Waals surface area contributed by atoms with Crippen molar-refractivity contribution in [3.05, 3.63) is 48.5 Å². The van der Waals surface area contributed by atoms with Crippen LogP contribution in [0.1, 0.15) is 41.5 Å². The van der Waals surface area contributed by atoms with Crippen molar-refractivity contribution >= 4 is 13.2 Å². The van der Waals surface area contributed by atoms with Gasteiger partial charge in [0.1, 0.15) is 5.75 Å². The van der Waals surface area contributed by atoms with Crippen molar-refractivity contribution in [3.63, 3.8) is 0 Å². The second kappa shape index (κ2) is 6.05. The molecule has 0 radical (unpaired) electrons. The number of benzene rings is 2. The van der Waals surface area contributed by atoms with Crippen LogP contribution in [0.25, 0.3) is 11.1 Å². The fourth-order valence-corrected chi connectivity index (χ4v) is 7.32. The summed E-state index contributed by atoms with van der Waals surface area (Å²) in [5.74, 6) is 0.449. The summed E-state index contributed by atoms with van der Waals surface area (Å²) < 4.78 is 0. The highest BCUT2D eigenvalue weighted by molar-refractivity contribution is 7.68. The summed E-state index contributed by atoms with van der Waals surface area (Å²) in [6, 6.07) is 16.3. The molecule has 0 amide bonds. The first-order valence-electron chi connectivity index (χ1n) is 7.80. The van der Waals surface area contributed by atoms with Crippen molar-refractivity contribution in [2.75, 3.05) is 0 Å². The van der Waals surface area contributed by atoms with E-state index >= 15 is 0 Å². The first-order valence-corrected chi connectivity index (χ1v) is 9.14. The molecular weight excluding hydrogens is 287 g/mol. The van der Waals surface area contributed by atoms with Gasteiger partial charge in [0.05, 0.1) is 0 Å². The molecule has 0 aliphatic heterocycles. The Kier molecular flexibility index (Phi) is 4.68. The number of hydrogen-bond acceptors (Lipinski definition) is 1. The summed E-state index contributed by atoms with van der Waals surface area (Å²) in [5.41, 5.74) is 2.00. The van der Waals surface area contributed by atoms with Crippen LogP contribution >= 0.6 is 7.92 Å². The van der Waals surface area contributed by atoms with Crippen LogP contribution in [0.4, 0.5) is 0 Å². The molecule has 0 bridgehead atoms. The number of hydrogen-bond donors (Lipinski definition) is 1. The van der Waals surface area contributed by atoms with Gasteiger partial charge in [-0.3, -0.25) is 0 Å². The molecule has 118 valence electrons. The summed E-state index contributed by atoms with van der Waals surface area (Å²) in [6.45, 7) is 13.7. The molecule has 1 N–H and O–H groups in total. The van der Waals surface area contributed by atoms with Crippen LogP contribution in [0.2, 0.25) is 0 Å². The fraction of sp³-hybridized carbons (Fsp3) is 0.400. The van der Waals surface area contributed by atoms with E-state index in [9.17, 15) is 5.11 Å². The third-order valence-electron chi connectivity index (χ3n) is 3.68. The van der Waals surface area contributed by atoms with Gasteiger partial charge < -0.3 is 5.11 Å². The van der Waals surface area contributed by atoms with Gasteiger partial charge >= 0.3 is 0 Å². The van der Waals surface area contributed by atoms with Crippen LogP contribution in [0.3, 0.4) is 0 Å². The third kappa shape index (κ3) is 3.52. The molecule has 0 aromatic heterocycles. The first-order chi connectivity index (χ1) is 10.1. The zero-order valence-electron chi connectivity index (χ0n) is 14.5. The maximum atomic E-state index is 11.0. The molecule has 0 saturated heterocycles. The lowest BCUT2D eigenvalue weighted by atomic mass is 10.1. The van der Waals surface area contributed by atoms with E-state index in [4.69, 9.17) is 0 Å². The predicted molar refractivity (Wildman–Crippen MR) is 99.6 cm³/mol. The number of phenols is 1. The van der Waals surface area contributed by atoms with Gasteiger partial charge in [-0.25, -0.2) is 0 Å². The zero-order valence-corrected chi connectivity index (χ0v) is 15.4. The highest BCUT2D eigenvalue weighted by atomic mass is 31.1. The highest BCUT2D eigenvalue weighted by Crippen LogP contribution is 2.60. The number of aromatic hydroxyl groups is 1. The Hall–Kier alpha value is -1.33. The molecule has 1 nitrogen and oxygen atoms in total. The summed E-state index contributed by atoms with van der Waals surface area (Å²) in [4.78, 5) is 0. The molecular formula is C20H27OP. The summed E-state index contributed by atoms with van der Waals surface area (Å²) in [6.07, 6.45) is 0. The predicted octanol–water partition coefficient (Wildman–Crippen LogP) is 5.76. The van der Waals surface area contributed by atoms with Crippen molar-refractivity contribution < 1.29 is 5.11 Å². The van der Waals surface area contributed by atoms with Gasteiger partial charge in [0.25, 0.3) is 0 Å². The monoisotopic (exact) mass is 314 g/mol. The van der Waals surface area contributed by atoms with Gasteiger partial charge in [-0.2, -0.15) is 0 Å².